The second kappa shape index (κ2) is 3.74. The average Bonchev–Trinajstić information content (AvgIpc) is 2.95. The fraction of sp³-hybridized carbons (Fsp3) is 0. The van der Waals surface area contributed by atoms with Crippen molar-refractivity contribution in [3.63, 3.8) is 0 Å². The molecule has 2 heterocycles. The number of benzene rings is 1. The monoisotopic (exact) mass is 208 g/mol. The molecule has 2 aromatic heterocycles. The van der Waals surface area contributed by atoms with Crippen molar-refractivity contribution in [3.8, 4) is 0 Å². The van der Waals surface area contributed by atoms with Gasteiger partial charge in [-0.3, -0.25) is 0 Å². The highest BCUT2D eigenvalue weighted by atomic mass is 14.7. The molecule has 0 fully saturated rings. The Morgan fingerprint density at radius 1 is 1.00 bits per heavy atom. The molecular weight excluding hydrogens is 196 g/mol. The zero-order valence-corrected chi connectivity index (χ0v) is 8.77. The Kier molecular flexibility index (Phi) is 2.11. The van der Waals surface area contributed by atoms with Crippen LogP contribution in [0.3, 0.4) is 0 Å². The lowest BCUT2D eigenvalue weighted by Crippen LogP contribution is -1.68. The topological polar surface area (TPSA) is 31.6 Å². The van der Waals surface area contributed by atoms with E-state index in [4.69, 9.17) is 0 Å². The van der Waals surface area contributed by atoms with Gasteiger partial charge in [0.05, 0.1) is 0 Å². The van der Waals surface area contributed by atoms with Crippen molar-refractivity contribution in [3.05, 3.63) is 60.0 Å². The number of H-pyrrole nitrogens is 2. The minimum absolute atomic E-state index is 1.13. The summed E-state index contributed by atoms with van der Waals surface area (Å²) in [5.74, 6) is 0. The second-order valence-electron chi connectivity index (χ2n) is 3.79. The molecule has 1 aromatic carbocycles. The lowest BCUT2D eigenvalue weighted by atomic mass is 10.2. The summed E-state index contributed by atoms with van der Waals surface area (Å²) in [5.41, 5.74) is 3.48. The van der Waals surface area contributed by atoms with Crippen LogP contribution in [0.5, 0.6) is 0 Å². The highest BCUT2D eigenvalue weighted by Gasteiger charge is 1.95. The maximum absolute atomic E-state index is 3.36. The Balaban J connectivity index is 1.95. The van der Waals surface area contributed by atoms with E-state index in [1.807, 2.05) is 24.5 Å². The number of aromatic nitrogens is 2. The van der Waals surface area contributed by atoms with Gasteiger partial charge in [0.1, 0.15) is 0 Å². The first-order valence-electron chi connectivity index (χ1n) is 5.30. The molecule has 0 aliphatic rings. The van der Waals surface area contributed by atoms with Gasteiger partial charge in [-0.1, -0.05) is 24.3 Å². The van der Waals surface area contributed by atoms with Crippen LogP contribution in [-0.2, 0) is 0 Å². The van der Waals surface area contributed by atoms with Crippen LogP contribution in [-0.4, -0.2) is 9.97 Å². The molecule has 2 N–H and O–H groups in total. The molecule has 0 saturated heterocycles. The fourth-order valence-electron chi connectivity index (χ4n) is 1.81. The van der Waals surface area contributed by atoms with Crippen molar-refractivity contribution >= 4 is 23.1 Å². The summed E-state index contributed by atoms with van der Waals surface area (Å²) in [4.78, 5) is 6.39. The first kappa shape index (κ1) is 9.04. The van der Waals surface area contributed by atoms with Gasteiger partial charge in [0.25, 0.3) is 0 Å². The Hall–Kier alpha value is -2.22. The van der Waals surface area contributed by atoms with E-state index in [0.29, 0.717) is 0 Å². The molecule has 2 nitrogen and oxygen atoms in total. The van der Waals surface area contributed by atoms with Gasteiger partial charge < -0.3 is 9.97 Å². The lowest BCUT2D eigenvalue weighted by molar-refractivity contribution is 1.41. The van der Waals surface area contributed by atoms with Crippen LogP contribution in [0.1, 0.15) is 11.3 Å². The SMILES string of the molecule is C(=Cc1cc2ccccc2[nH]1)c1cc[nH]c1. The quantitative estimate of drug-likeness (QED) is 0.644. The van der Waals surface area contributed by atoms with Gasteiger partial charge >= 0.3 is 0 Å². The number of hydrogen-bond acceptors (Lipinski definition) is 0. The molecule has 0 unspecified atom stereocenters. The zero-order chi connectivity index (χ0) is 10.8. The van der Waals surface area contributed by atoms with Crippen LogP contribution in [0.2, 0.25) is 0 Å². The van der Waals surface area contributed by atoms with Crippen molar-refractivity contribution in [2.45, 2.75) is 0 Å². The molecule has 0 bridgehead atoms. The molecule has 0 spiro atoms. The van der Waals surface area contributed by atoms with E-state index in [1.54, 1.807) is 0 Å². The molecule has 0 amide bonds. The predicted octanol–water partition coefficient (Wildman–Crippen LogP) is 3.67. The summed E-state index contributed by atoms with van der Waals surface area (Å²) >= 11 is 0. The minimum Gasteiger partial charge on any atom is -0.367 e. The van der Waals surface area contributed by atoms with Crippen LogP contribution < -0.4 is 0 Å². The molecule has 0 aliphatic carbocycles. The van der Waals surface area contributed by atoms with E-state index in [2.05, 4.69) is 46.4 Å². The zero-order valence-electron chi connectivity index (χ0n) is 8.77. The van der Waals surface area contributed by atoms with Crippen molar-refractivity contribution in [1.29, 1.82) is 0 Å². The standard InChI is InChI=1S/C14H12N2/c1-2-4-14-12(3-1)9-13(16-14)6-5-11-7-8-15-10-11/h1-10,15-16H. The normalized spacial score (nSPS) is 11.5. The molecule has 0 atom stereocenters. The molecule has 16 heavy (non-hydrogen) atoms. The summed E-state index contributed by atoms with van der Waals surface area (Å²) in [5, 5.41) is 1.25. The predicted molar refractivity (Wildman–Crippen MR) is 68.0 cm³/mol. The fourth-order valence-corrected chi connectivity index (χ4v) is 1.81. The molecular formula is C14H12N2. The van der Waals surface area contributed by atoms with Crippen LogP contribution in [0.25, 0.3) is 23.1 Å². The third-order valence-corrected chi connectivity index (χ3v) is 2.63. The number of para-hydroxylation sites is 1. The van der Waals surface area contributed by atoms with E-state index in [9.17, 15) is 0 Å². The van der Waals surface area contributed by atoms with Gasteiger partial charge in [0, 0.05) is 23.6 Å². The third-order valence-electron chi connectivity index (χ3n) is 2.63. The smallest absolute Gasteiger partial charge is 0.0458 e. The van der Waals surface area contributed by atoms with Gasteiger partial charge in [-0.25, -0.2) is 0 Å². The van der Waals surface area contributed by atoms with Gasteiger partial charge in [-0.05, 0) is 35.2 Å². The van der Waals surface area contributed by atoms with Gasteiger partial charge in [0.15, 0.2) is 0 Å². The number of hydrogen-bond donors (Lipinski definition) is 2. The maximum Gasteiger partial charge on any atom is 0.0458 e. The van der Waals surface area contributed by atoms with Gasteiger partial charge in [-0.15, -0.1) is 0 Å². The van der Waals surface area contributed by atoms with Gasteiger partial charge in [0.2, 0.25) is 0 Å². The minimum atomic E-state index is 1.13. The molecule has 3 rings (SSSR count). The summed E-state index contributed by atoms with van der Waals surface area (Å²) in [7, 11) is 0. The van der Waals surface area contributed by atoms with E-state index in [0.717, 1.165) is 5.69 Å². The average molecular weight is 208 g/mol. The summed E-state index contributed by atoms with van der Waals surface area (Å²) < 4.78 is 0. The number of rotatable bonds is 2. The van der Waals surface area contributed by atoms with E-state index < -0.39 is 0 Å². The van der Waals surface area contributed by atoms with Gasteiger partial charge in [-0.2, -0.15) is 0 Å². The number of aromatic amines is 2. The number of fused-ring (bicyclic) bond motifs is 1. The molecule has 0 saturated carbocycles. The maximum atomic E-state index is 3.36. The lowest BCUT2D eigenvalue weighted by Gasteiger charge is -1.85. The first-order chi connectivity index (χ1) is 7.92. The molecule has 0 aliphatic heterocycles. The van der Waals surface area contributed by atoms with Crippen LogP contribution in [0, 0.1) is 0 Å². The van der Waals surface area contributed by atoms with Crippen molar-refractivity contribution in [2.75, 3.05) is 0 Å². The Labute approximate surface area is 93.6 Å². The molecule has 0 radical (unpaired) electrons. The third kappa shape index (κ3) is 1.65. The summed E-state index contributed by atoms with van der Waals surface area (Å²) in [6.45, 7) is 0. The van der Waals surface area contributed by atoms with Crippen LogP contribution in [0.15, 0.2) is 48.8 Å². The summed E-state index contributed by atoms with van der Waals surface area (Å²) in [6, 6.07) is 12.5. The van der Waals surface area contributed by atoms with E-state index in [-0.39, 0.29) is 0 Å². The van der Waals surface area contributed by atoms with Crippen molar-refractivity contribution in [2.24, 2.45) is 0 Å². The molecule has 2 heteroatoms. The number of nitrogens with one attached hydrogen (secondary N) is 2. The Morgan fingerprint density at radius 2 is 1.94 bits per heavy atom. The largest absolute Gasteiger partial charge is 0.367 e. The van der Waals surface area contributed by atoms with Crippen molar-refractivity contribution in [1.82, 2.24) is 9.97 Å². The Morgan fingerprint density at radius 3 is 2.75 bits per heavy atom. The highest BCUT2D eigenvalue weighted by molar-refractivity contribution is 5.84. The molecule has 3 aromatic rings. The molecule has 78 valence electrons. The van der Waals surface area contributed by atoms with E-state index >= 15 is 0 Å². The summed E-state index contributed by atoms with van der Waals surface area (Å²) in [6.07, 6.45) is 8.06. The van der Waals surface area contributed by atoms with Crippen LogP contribution >= 0.6 is 0 Å². The highest BCUT2D eigenvalue weighted by Crippen LogP contribution is 2.16. The van der Waals surface area contributed by atoms with Crippen LogP contribution in [0.4, 0.5) is 0 Å². The second-order valence-corrected chi connectivity index (χ2v) is 3.79. The van der Waals surface area contributed by atoms with Crippen molar-refractivity contribution < 1.29 is 0 Å². The first-order valence-corrected chi connectivity index (χ1v) is 5.30. The van der Waals surface area contributed by atoms with E-state index in [1.165, 1.54) is 16.5 Å². The Bertz CT molecular complexity index is 582.